The Bertz CT molecular complexity index is 474. The molecule has 3 unspecified atom stereocenters. The topological polar surface area (TPSA) is 41.1 Å². The van der Waals surface area contributed by atoms with Gasteiger partial charge in [-0.3, -0.25) is 4.79 Å². The Morgan fingerprint density at radius 1 is 1.24 bits per heavy atom. The first kappa shape index (κ1) is 15.0. The fourth-order valence-corrected chi connectivity index (χ4v) is 3.89. The Labute approximate surface area is 135 Å². The van der Waals surface area contributed by atoms with Crippen LogP contribution in [0.25, 0.3) is 0 Å². The smallest absolute Gasteiger partial charge is 0.237 e. The van der Waals surface area contributed by atoms with Gasteiger partial charge in [0, 0.05) is 17.1 Å². The van der Waals surface area contributed by atoms with Crippen molar-refractivity contribution in [1.82, 2.24) is 10.6 Å². The molecule has 2 fully saturated rings. The third-order valence-electron chi connectivity index (χ3n) is 4.81. The molecule has 3 rings (SSSR count). The molecule has 0 radical (unpaired) electrons. The molecular weight excluding hydrogens is 328 g/mol. The lowest BCUT2D eigenvalue weighted by molar-refractivity contribution is -0.122. The van der Waals surface area contributed by atoms with Crippen LogP contribution < -0.4 is 10.6 Å². The van der Waals surface area contributed by atoms with Crippen LogP contribution in [-0.4, -0.2) is 24.5 Å². The average molecular weight is 351 g/mol. The Morgan fingerprint density at radius 2 is 2.00 bits per heavy atom. The zero-order chi connectivity index (χ0) is 14.7. The van der Waals surface area contributed by atoms with Crippen molar-refractivity contribution in [2.75, 3.05) is 6.54 Å². The van der Waals surface area contributed by atoms with Gasteiger partial charge >= 0.3 is 0 Å². The molecule has 114 valence electrons. The van der Waals surface area contributed by atoms with Crippen molar-refractivity contribution in [2.24, 2.45) is 5.92 Å². The highest BCUT2D eigenvalue weighted by Gasteiger charge is 2.37. The summed E-state index contributed by atoms with van der Waals surface area (Å²) < 4.78 is 1.09. The van der Waals surface area contributed by atoms with Crippen molar-refractivity contribution in [3.05, 3.63) is 34.3 Å². The van der Waals surface area contributed by atoms with E-state index in [2.05, 4.69) is 38.7 Å². The van der Waals surface area contributed by atoms with E-state index in [1.807, 2.05) is 12.1 Å². The molecule has 0 aromatic heterocycles. The number of fused-ring (bicyclic) bond motifs is 1. The van der Waals surface area contributed by atoms with E-state index >= 15 is 0 Å². The largest absolute Gasteiger partial charge is 0.354 e. The van der Waals surface area contributed by atoms with Gasteiger partial charge in [0.2, 0.25) is 5.91 Å². The predicted molar refractivity (Wildman–Crippen MR) is 88.1 cm³/mol. The highest BCUT2D eigenvalue weighted by molar-refractivity contribution is 9.10. The Morgan fingerprint density at radius 3 is 2.76 bits per heavy atom. The maximum Gasteiger partial charge on any atom is 0.237 e. The third kappa shape index (κ3) is 3.86. The molecule has 1 amide bonds. The molecule has 0 spiro atoms. The second kappa shape index (κ2) is 6.93. The molecular formula is C17H23BrN2O. The molecule has 1 aliphatic carbocycles. The summed E-state index contributed by atoms with van der Waals surface area (Å²) in [5.74, 6) is 0.905. The van der Waals surface area contributed by atoms with E-state index in [-0.39, 0.29) is 11.9 Å². The van der Waals surface area contributed by atoms with Gasteiger partial charge in [-0.25, -0.2) is 0 Å². The van der Waals surface area contributed by atoms with E-state index < -0.39 is 0 Å². The zero-order valence-electron chi connectivity index (χ0n) is 12.3. The standard InChI is InChI=1S/C17H23BrN2O/c18-14-7-5-12(6-8-14)9-10-19-17(21)16-11-13-3-1-2-4-15(13)20-16/h5-8,13,15-16,20H,1-4,9-11H2,(H,19,21). The van der Waals surface area contributed by atoms with Crippen LogP contribution in [0.4, 0.5) is 0 Å². The van der Waals surface area contributed by atoms with E-state index in [9.17, 15) is 4.79 Å². The maximum absolute atomic E-state index is 12.3. The summed E-state index contributed by atoms with van der Waals surface area (Å²) in [4.78, 5) is 12.3. The molecule has 1 heterocycles. The fraction of sp³-hybridized carbons (Fsp3) is 0.588. The van der Waals surface area contributed by atoms with E-state index in [4.69, 9.17) is 0 Å². The number of benzene rings is 1. The molecule has 3 nitrogen and oxygen atoms in total. The minimum atomic E-state index is 0.0306. The highest BCUT2D eigenvalue weighted by atomic mass is 79.9. The molecule has 2 aliphatic rings. The summed E-state index contributed by atoms with van der Waals surface area (Å²) >= 11 is 3.43. The van der Waals surface area contributed by atoms with Crippen molar-refractivity contribution in [2.45, 2.75) is 50.6 Å². The number of carbonyl (C=O) groups excluding carboxylic acids is 1. The zero-order valence-corrected chi connectivity index (χ0v) is 13.9. The number of hydrogen-bond acceptors (Lipinski definition) is 2. The van der Waals surface area contributed by atoms with Crippen LogP contribution >= 0.6 is 15.9 Å². The van der Waals surface area contributed by atoms with Gasteiger partial charge < -0.3 is 10.6 Å². The van der Waals surface area contributed by atoms with Gasteiger partial charge in [0.15, 0.2) is 0 Å². The SMILES string of the molecule is O=C(NCCc1ccc(Br)cc1)C1CC2CCCCC2N1. The van der Waals surface area contributed by atoms with Gasteiger partial charge in [-0.2, -0.15) is 0 Å². The monoisotopic (exact) mass is 350 g/mol. The van der Waals surface area contributed by atoms with Crippen LogP contribution in [0.1, 0.15) is 37.7 Å². The minimum absolute atomic E-state index is 0.0306. The molecule has 21 heavy (non-hydrogen) atoms. The second-order valence-electron chi connectivity index (χ2n) is 6.27. The van der Waals surface area contributed by atoms with Crippen LogP contribution in [-0.2, 0) is 11.2 Å². The highest BCUT2D eigenvalue weighted by Crippen LogP contribution is 2.33. The molecule has 1 aromatic carbocycles. The summed E-state index contributed by atoms with van der Waals surface area (Å²) in [6, 6.07) is 8.89. The van der Waals surface area contributed by atoms with E-state index in [1.54, 1.807) is 0 Å². The number of amides is 1. The van der Waals surface area contributed by atoms with E-state index in [0.29, 0.717) is 12.6 Å². The minimum Gasteiger partial charge on any atom is -0.354 e. The van der Waals surface area contributed by atoms with Gasteiger partial charge in [-0.15, -0.1) is 0 Å². The van der Waals surface area contributed by atoms with Crippen molar-refractivity contribution in [3.63, 3.8) is 0 Å². The molecule has 1 saturated heterocycles. The first-order valence-corrected chi connectivity index (χ1v) is 8.80. The number of halogens is 1. The van der Waals surface area contributed by atoms with Gasteiger partial charge in [-0.1, -0.05) is 40.9 Å². The van der Waals surface area contributed by atoms with Crippen LogP contribution in [0.5, 0.6) is 0 Å². The lowest BCUT2D eigenvalue weighted by Crippen LogP contribution is -2.43. The molecule has 1 saturated carbocycles. The van der Waals surface area contributed by atoms with Crippen molar-refractivity contribution < 1.29 is 4.79 Å². The number of carbonyl (C=O) groups is 1. The Kier molecular flexibility index (Phi) is 4.96. The second-order valence-corrected chi connectivity index (χ2v) is 7.19. The summed E-state index contributed by atoms with van der Waals surface area (Å²) in [6.45, 7) is 0.716. The molecule has 1 aliphatic heterocycles. The summed E-state index contributed by atoms with van der Waals surface area (Å²) in [5.41, 5.74) is 1.26. The molecule has 2 N–H and O–H groups in total. The first-order valence-electron chi connectivity index (χ1n) is 8.00. The van der Waals surface area contributed by atoms with Crippen molar-refractivity contribution in [1.29, 1.82) is 0 Å². The van der Waals surface area contributed by atoms with Gasteiger partial charge in [0.1, 0.15) is 0 Å². The molecule has 4 heteroatoms. The third-order valence-corrected chi connectivity index (χ3v) is 5.33. The van der Waals surface area contributed by atoms with Crippen molar-refractivity contribution in [3.8, 4) is 0 Å². The Balaban J connectivity index is 1.43. The average Bonchev–Trinajstić information content (AvgIpc) is 2.93. The van der Waals surface area contributed by atoms with Gasteiger partial charge in [0.05, 0.1) is 6.04 Å². The molecule has 1 aromatic rings. The van der Waals surface area contributed by atoms with Crippen LogP contribution in [0.15, 0.2) is 28.7 Å². The number of rotatable bonds is 4. The quantitative estimate of drug-likeness (QED) is 0.876. The summed E-state index contributed by atoms with van der Waals surface area (Å²) in [7, 11) is 0. The number of hydrogen-bond donors (Lipinski definition) is 2. The van der Waals surface area contributed by atoms with Crippen LogP contribution in [0.2, 0.25) is 0 Å². The van der Waals surface area contributed by atoms with Gasteiger partial charge in [0.25, 0.3) is 0 Å². The van der Waals surface area contributed by atoms with E-state index in [0.717, 1.165) is 23.2 Å². The van der Waals surface area contributed by atoms with E-state index in [1.165, 1.54) is 31.2 Å². The fourth-order valence-electron chi connectivity index (χ4n) is 3.63. The van der Waals surface area contributed by atoms with Crippen LogP contribution in [0, 0.1) is 5.92 Å². The summed E-state index contributed by atoms with van der Waals surface area (Å²) in [5, 5.41) is 6.61. The molecule has 0 bridgehead atoms. The molecule has 3 atom stereocenters. The van der Waals surface area contributed by atoms with Gasteiger partial charge in [-0.05, 0) is 49.3 Å². The lowest BCUT2D eigenvalue weighted by Gasteiger charge is -2.24. The van der Waals surface area contributed by atoms with Crippen LogP contribution in [0.3, 0.4) is 0 Å². The normalized spacial score (nSPS) is 28.1. The summed E-state index contributed by atoms with van der Waals surface area (Å²) in [6.07, 6.45) is 7.09. The maximum atomic E-state index is 12.3. The van der Waals surface area contributed by atoms with Crippen molar-refractivity contribution >= 4 is 21.8 Å². The first-order chi connectivity index (χ1) is 10.2. The lowest BCUT2D eigenvalue weighted by atomic mass is 9.85. The predicted octanol–water partition coefficient (Wildman–Crippen LogP) is 3.03. The number of nitrogens with one attached hydrogen (secondary N) is 2. The Hall–Kier alpha value is -0.870.